The fourth-order valence-electron chi connectivity index (χ4n) is 2.08. The van der Waals surface area contributed by atoms with Crippen molar-refractivity contribution >= 4 is 17.5 Å². The van der Waals surface area contributed by atoms with Crippen molar-refractivity contribution in [3.63, 3.8) is 0 Å². The summed E-state index contributed by atoms with van der Waals surface area (Å²) in [4.78, 5) is 29.9. The summed E-state index contributed by atoms with van der Waals surface area (Å²) in [7, 11) is 1.60. The maximum Gasteiger partial charge on any atom is 0.313 e. The summed E-state index contributed by atoms with van der Waals surface area (Å²) >= 11 is 0. The second-order valence-electron chi connectivity index (χ2n) is 5.60. The number of nitrogens with one attached hydrogen (secondary N) is 1. The van der Waals surface area contributed by atoms with E-state index in [0.29, 0.717) is 23.0 Å². The van der Waals surface area contributed by atoms with Crippen LogP contribution in [0.1, 0.15) is 25.5 Å². The zero-order valence-electron chi connectivity index (χ0n) is 14.0. The van der Waals surface area contributed by atoms with E-state index in [2.05, 4.69) is 15.4 Å². The molecule has 0 unspecified atom stereocenters. The van der Waals surface area contributed by atoms with E-state index in [1.807, 2.05) is 32.9 Å². The number of benzene rings is 1. The maximum atomic E-state index is 12.2. The summed E-state index contributed by atoms with van der Waals surface area (Å²) < 4.78 is 1.64. The lowest BCUT2D eigenvalue weighted by molar-refractivity contribution is -0.143. The first-order valence-electron chi connectivity index (χ1n) is 7.39. The van der Waals surface area contributed by atoms with Gasteiger partial charge < -0.3 is 10.2 Å². The molecule has 23 heavy (non-hydrogen) atoms. The number of para-hydroxylation sites is 2. The Labute approximate surface area is 135 Å². The zero-order valence-corrected chi connectivity index (χ0v) is 14.0. The van der Waals surface area contributed by atoms with Gasteiger partial charge in [0, 0.05) is 13.1 Å². The van der Waals surface area contributed by atoms with Crippen molar-refractivity contribution in [2.75, 3.05) is 12.4 Å². The lowest BCUT2D eigenvalue weighted by atomic mass is 10.2. The van der Waals surface area contributed by atoms with Gasteiger partial charge in [-0.3, -0.25) is 9.59 Å². The molecule has 7 heteroatoms. The molecule has 2 aromatic rings. The largest absolute Gasteiger partial charge is 0.335 e. The second kappa shape index (κ2) is 6.60. The highest BCUT2D eigenvalue weighted by Gasteiger charge is 2.22. The number of amides is 2. The molecule has 2 amide bonds. The average Bonchev–Trinajstić information content (AvgIpc) is 2.84. The second-order valence-corrected chi connectivity index (χ2v) is 5.60. The maximum absolute atomic E-state index is 12.2. The fraction of sp³-hybridized carbons (Fsp3) is 0.375. The molecule has 7 nitrogen and oxygen atoms in total. The summed E-state index contributed by atoms with van der Waals surface area (Å²) in [6.07, 6.45) is 0. The van der Waals surface area contributed by atoms with Crippen LogP contribution in [0.25, 0.3) is 5.69 Å². The van der Waals surface area contributed by atoms with Crippen LogP contribution in [0.2, 0.25) is 0 Å². The van der Waals surface area contributed by atoms with Gasteiger partial charge in [0.05, 0.1) is 11.4 Å². The third-order valence-electron chi connectivity index (χ3n) is 3.54. The highest BCUT2D eigenvalue weighted by molar-refractivity contribution is 6.39. The van der Waals surface area contributed by atoms with Gasteiger partial charge in [-0.05, 0) is 39.8 Å². The fourth-order valence-corrected chi connectivity index (χ4v) is 2.08. The number of rotatable bonds is 3. The van der Waals surface area contributed by atoms with E-state index in [1.54, 1.807) is 30.8 Å². The third-order valence-corrected chi connectivity index (χ3v) is 3.54. The number of aryl methyl sites for hydroxylation is 2. The predicted octanol–water partition coefficient (Wildman–Crippen LogP) is 1.69. The van der Waals surface area contributed by atoms with Crippen LogP contribution in [-0.4, -0.2) is 44.6 Å². The lowest BCUT2D eigenvalue weighted by Crippen LogP contribution is -2.41. The number of likely N-dealkylation sites (N-methyl/N-ethyl adjacent to an activating group) is 1. The molecule has 0 saturated carbocycles. The van der Waals surface area contributed by atoms with E-state index in [4.69, 9.17) is 0 Å². The van der Waals surface area contributed by atoms with Gasteiger partial charge in [0.2, 0.25) is 0 Å². The number of carbonyl (C=O) groups excluding carboxylic acids is 2. The van der Waals surface area contributed by atoms with E-state index in [9.17, 15) is 9.59 Å². The molecule has 2 rings (SSSR count). The molecule has 0 bridgehead atoms. The van der Waals surface area contributed by atoms with E-state index in [-0.39, 0.29) is 6.04 Å². The minimum absolute atomic E-state index is 0.0521. The summed E-state index contributed by atoms with van der Waals surface area (Å²) in [5, 5.41) is 6.98. The Balaban J connectivity index is 2.30. The SMILES string of the molecule is Cc1nc(C)n(-c2ccccc2NC(=O)C(=O)N(C)C(C)C)n1. The third kappa shape index (κ3) is 3.56. The standard InChI is InChI=1S/C16H21N5O2/c1-10(2)20(5)16(23)15(22)18-13-8-6-7-9-14(13)21-12(4)17-11(3)19-21/h6-10H,1-5H3,(H,18,22). The van der Waals surface area contributed by atoms with Gasteiger partial charge >= 0.3 is 11.8 Å². The molecule has 0 aliphatic rings. The monoisotopic (exact) mass is 315 g/mol. The molecule has 0 aliphatic carbocycles. The summed E-state index contributed by atoms with van der Waals surface area (Å²) in [5.41, 5.74) is 1.18. The Bertz CT molecular complexity index is 736. The van der Waals surface area contributed by atoms with E-state index in [0.717, 1.165) is 0 Å². The first-order valence-corrected chi connectivity index (χ1v) is 7.39. The van der Waals surface area contributed by atoms with Crippen LogP contribution in [0.15, 0.2) is 24.3 Å². The minimum atomic E-state index is -0.678. The Hall–Kier alpha value is -2.70. The number of aromatic nitrogens is 3. The van der Waals surface area contributed by atoms with Gasteiger partial charge in [0.15, 0.2) is 0 Å². The van der Waals surface area contributed by atoms with Crippen LogP contribution >= 0.6 is 0 Å². The lowest BCUT2D eigenvalue weighted by Gasteiger charge is -2.21. The van der Waals surface area contributed by atoms with Gasteiger partial charge in [-0.25, -0.2) is 9.67 Å². The summed E-state index contributed by atoms with van der Waals surface area (Å²) in [6, 6.07) is 7.11. The van der Waals surface area contributed by atoms with E-state index >= 15 is 0 Å². The van der Waals surface area contributed by atoms with Crippen LogP contribution in [0, 0.1) is 13.8 Å². The Morgan fingerprint density at radius 3 is 2.43 bits per heavy atom. The van der Waals surface area contributed by atoms with Crippen LogP contribution in [-0.2, 0) is 9.59 Å². The number of anilines is 1. The normalized spacial score (nSPS) is 10.7. The van der Waals surface area contributed by atoms with E-state index in [1.165, 1.54) is 4.90 Å². The molecule has 0 spiro atoms. The predicted molar refractivity (Wildman–Crippen MR) is 87.4 cm³/mol. The van der Waals surface area contributed by atoms with Crippen molar-refractivity contribution in [1.29, 1.82) is 0 Å². The molecular weight excluding hydrogens is 294 g/mol. The first kappa shape index (κ1) is 16.7. The quantitative estimate of drug-likeness (QED) is 0.874. The molecule has 0 saturated heterocycles. The van der Waals surface area contributed by atoms with Gasteiger partial charge in [-0.1, -0.05) is 12.1 Å². The average molecular weight is 315 g/mol. The van der Waals surface area contributed by atoms with Crippen molar-refractivity contribution in [3.8, 4) is 5.69 Å². The van der Waals surface area contributed by atoms with Gasteiger partial charge in [-0.2, -0.15) is 5.10 Å². The molecule has 1 N–H and O–H groups in total. The highest BCUT2D eigenvalue weighted by Crippen LogP contribution is 2.20. The van der Waals surface area contributed by atoms with Crippen LogP contribution in [0.3, 0.4) is 0 Å². The first-order chi connectivity index (χ1) is 10.8. The molecule has 1 aromatic heterocycles. The van der Waals surface area contributed by atoms with Crippen molar-refractivity contribution in [2.45, 2.75) is 33.7 Å². The Morgan fingerprint density at radius 1 is 1.22 bits per heavy atom. The van der Waals surface area contributed by atoms with Crippen LogP contribution < -0.4 is 5.32 Å². The van der Waals surface area contributed by atoms with Gasteiger partial charge in [0.25, 0.3) is 0 Å². The number of carbonyl (C=O) groups is 2. The Morgan fingerprint density at radius 2 is 1.87 bits per heavy atom. The van der Waals surface area contributed by atoms with Crippen LogP contribution in [0.5, 0.6) is 0 Å². The molecule has 0 atom stereocenters. The topological polar surface area (TPSA) is 80.1 Å². The summed E-state index contributed by atoms with van der Waals surface area (Å²) in [6.45, 7) is 7.32. The molecule has 0 radical (unpaired) electrons. The molecule has 122 valence electrons. The molecule has 0 fully saturated rings. The smallest absolute Gasteiger partial charge is 0.313 e. The van der Waals surface area contributed by atoms with Crippen molar-refractivity contribution < 1.29 is 9.59 Å². The molecule has 1 aromatic carbocycles. The van der Waals surface area contributed by atoms with Crippen molar-refractivity contribution in [3.05, 3.63) is 35.9 Å². The van der Waals surface area contributed by atoms with Gasteiger partial charge in [0.1, 0.15) is 11.6 Å². The number of nitrogens with zero attached hydrogens (tertiary/aromatic N) is 4. The van der Waals surface area contributed by atoms with E-state index < -0.39 is 11.8 Å². The van der Waals surface area contributed by atoms with Crippen molar-refractivity contribution in [2.24, 2.45) is 0 Å². The molecule has 1 heterocycles. The molecular formula is C16H21N5O2. The summed E-state index contributed by atoms with van der Waals surface area (Å²) in [5.74, 6) is 0.0820. The van der Waals surface area contributed by atoms with Gasteiger partial charge in [-0.15, -0.1) is 0 Å². The Kier molecular flexibility index (Phi) is 4.78. The number of hydrogen-bond donors (Lipinski definition) is 1. The van der Waals surface area contributed by atoms with Crippen LogP contribution in [0.4, 0.5) is 5.69 Å². The number of hydrogen-bond acceptors (Lipinski definition) is 4. The minimum Gasteiger partial charge on any atom is -0.335 e. The highest BCUT2D eigenvalue weighted by atomic mass is 16.2. The molecule has 0 aliphatic heterocycles. The van der Waals surface area contributed by atoms with Crippen molar-refractivity contribution in [1.82, 2.24) is 19.7 Å². The zero-order chi connectivity index (χ0) is 17.1.